The lowest BCUT2D eigenvalue weighted by Gasteiger charge is -2.11. The zero-order valence-electron chi connectivity index (χ0n) is 10.9. The van der Waals surface area contributed by atoms with Crippen molar-refractivity contribution in [3.63, 3.8) is 0 Å². The number of hydrogen-bond donors (Lipinski definition) is 0. The van der Waals surface area contributed by atoms with Crippen LogP contribution in [0.1, 0.15) is 11.1 Å². The van der Waals surface area contributed by atoms with Crippen LogP contribution in [-0.4, -0.2) is 6.26 Å². The van der Waals surface area contributed by atoms with Crippen LogP contribution < -0.4 is 4.74 Å². The Hall–Kier alpha value is -2.13. The maximum atomic E-state index is 12.5. The third kappa shape index (κ3) is 3.50. The van der Waals surface area contributed by atoms with Crippen LogP contribution in [-0.2, 0) is 6.18 Å². The Morgan fingerprint density at radius 1 is 1.10 bits per heavy atom. The third-order valence-corrected chi connectivity index (χ3v) is 3.51. The number of halogens is 3. The molecule has 108 valence electrons. The van der Waals surface area contributed by atoms with Gasteiger partial charge >= 0.3 is 6.18 Å². The van der Waals surface area contributed by atoms with Crippen molar-refractivity contribution in [3.8, 4) is 17.6 Å². The van der Waals surface area contributed by atoms with Crippen LogP contribution in [0.15, 0.2) is 47.4 Å². The minimum atomic E-state index is -4.38. The van der Waals surface area contributed by atoms with Crippen LogP contribution >= 0.6 is 11.8 Å². The first-order valence-corrected chi connectivity index (χ1v) is 7.10. The van der Waals surface area contributed by atoms with E-state index >= 15 is 0 Å². The molecule has 0 spiro atoms. The molecule has 0 bridgehead atoms. The van der Waals surface area contributed by atoms with E-state index in [1.807, 2.05) is 12.3 Å². The number of alkyl halides is 3. The summed E-state index contributed by atoms with van der Waals surface area (Å²) in [5, 5.41) is 9.17. The molecule has 0 unspecified atom stereocenters. The monoisotopic (exact) mass is 309 g/mol. The Morgan fingerprint density at radius 2 is 1.76 bits per heavy atom. The smallest absolute Gasteiger partial charge is 0.416 e. The second kappa shape index (κ2) is 6.10. The fourth-order valence-electron chi connectivity index (χ4n) is 1.72. The molecule has 0 aliphatic heterocycles. The summed E-state index contributed by atoms with van der Waals surface area (Å²) in [6, 6.07) is 11.5. The van der Waals surface area contributed by atoms with Gasteiger partial charge in [-0.1, -0.05) is 6.07 Å². The van der Waals surface area contributed by atoms with Crippen molar-refractivity contribution < 1.29 is 17.9 Å². The SMILES string of the molecule is CSc1cccc(Oc2ccc(C(F)(F)F)cc2)c1C#N. The van der Waals surface area contributed by atoms with Gasteiger partial charge in [-0.2, -0.15) is 18.4 Å². The van der Waals surface area contributed by atoms with Crippen molar-refractivity contribution in [3.05, 3.63) is 53.6 Å². The lowest BCUT2D eigenvalue weighted by Crippen LogP contribution is -2.04. The van der Waals surface area contributed by atoms with Gasteiger partial charge < -0.3 is 4.74 Å². The van der Waals surface area contributed by atoms with Crippen LogP contribution in [0.2, 0.25) is 0 Å². The van der Waals surface area contributed by atoms with Gasteiger partial charge in [0.15, 0.2) is 0 Å². The van der Waals surface area contributed by atoms with Crippen LogP contribution in [0.5, 0.6) is 11.5 Å². The molecule has 0 atom stereocenters. The van der Waals surface area contributed by atoms with E-state index < -0.39 is 11.7 Å². The number of nitrogens with zero attached hydrogens (tertiary/aromatic N) is 1. The molecule has 21 heavy (non-hydrogen) atoms. The van der Waals surface area contributed by atoms with Crippen molar-refractivity contribution >= 4 is 11.8 Å². The normalized spacial score (nSPS) is 11.0. The largest absolute Gasteiger partial charge is 0.456 e. The Morgan fingerprint density at radius 3 is 2.29 bits per heavy atom. The van der Waals surface area contributed by atoms with E-state index in [2.05, 4.69) is 0 Å². The first-order valence-electron chi connectivity index (χ1n) is 5.88. The highest BCUT2D eigenvalue weighted by molar-refractivity contribution is 7.98. The van der Waals surface area contributed by atoms with Crippen LogP contribution in [0.4, 0.5) is 13.2 Å². The summed E-state index contributed by atoms with van der Waals surface area (Å²) >= 11 is 1.40. The van der Waals surface area contributed by atoms with Crippen molar-refractivity contribution in [2.24, 2.45) is 0 Å². The highest BCUT2D eigenvalue weighted by atomic mass is 32.2. The summed E-state index contributed by atoms with van der Waals surface area (Å²) in [5.41, 5.74) is -0.377. The fraction of sp³-hybridized carbons (Fsp3) is 0.133. The van der Waals surface area contributed by atoms with E-state index in [9.17, 15) is 13.2 Å². The second-order valence-corrected chi connectivity index (χ2v) is 4.92. The summed E-state index contributed by atoms with van der Waals surface area (Å²) in [7, 11) is 0. The highest BCUT2D eigenvalue weighted by Crippen LogP contribution is 2.34. The number of thioether (sulfide) groups is 1. The second-order valence-electron chi connectivity index (χ2n) is 4.07. The molecule has 2 rings (SSSR count). The zero-order valence-corrected chi connectivity index (χ0v) is 11.8. The lowest BCUT2D eigenvalue weighted by atomic mass is 10.2. The first-order chi connectivity index (χ1) is 9.95. The summed E-state index contributed by atoms with van der Waals surface area (Å²) in [6.07, 6.45) is -2.55. The van der Waals surface area contributed by atoms with Gasteiger partial charge in [0.2, 0.25) is 0 Å². The topological polar surface area (TPSA) is 33.0 Å². The van der Waals surface area contributed by atoms with E-state index in [-0.39, 0.29) is 5.75 Å². The van der Waals surface area contributed by atoms with Crippen LogP contribution in [0, 0.1) is 11.3 Å². The molecule has 6 heteroatoms. The molecular formula is C15H10F3NOS. The molecular weight excluding hydrogens is 299 g/mol. The molecule has 0 amide bonds. The average molecular weight is 309 g/mol. The molecule has 2 nitrogen and oxygen atoms in total. The Labute approximate surface area is 124 Å². The van der Waals surface area contributed by atoms with Crippen molar-refractivity contribution in [1.29, 1.82) is 5.26 Å². The zero-order chi connectivity index (χ0) is 15.5. The molecule has 2 aromatic carbocycles. The molecule has 0 N–H and O–H groups in total. The van der Waals surface area contributed by atoms with E-state index in [0.717, 1.165) is 17.0 Å². The fourth-order valence-corrected chi connectivity index (χ4v) is 2.28. The molecule has 0 saturated carbocycles. The van der Waals surface area contributed by atoms with Crippen molar-refractivity contribution in [2.75, 3.05) is 6.26 Å². The van der Waals surface area contributed by atoms with Gasteiger partial charge in [0.05, 0.1) is 5.56 Å². The summed E-state index contributed by atoms with van der Waals surface area (Å²) in [6.45, 7) is 0. The maximum Gasteiger partial charge on any atom is 0.416 e. The Balaban J connectivity index is 2.29. The summed E-state index contributed by atoms with van der Waals surface area (Å²) in [5.74, 6) is 0.571. The molecule has 0 fully saturated rings. The Kier molecular flexibility index (Phi) is 4.43. The van der Waals surface area contributed by atoms with E-state index in [4.69, 9.17) is 10.00 Å². The quantitative estimate of drug-likeness (QED) is 0.740. The number of hydrogen-bond acceptors (Lipinski definition) is 3. The number of ether oxygens (including phenoxy) is 1. The number of rotatable bonds is 3. The molecule has 0 aliphatic carbocycles. The minimum absolute atomic E-state index is 0.248. The summed E-state index contributed by atoms with van der Waals surface area (Å²) < 4.78 is 42.9. The first kappa shape index (κ1) is 15.3. The molecule has 0 saturated heterocycles. The van der Waals surface area contributed by atoms with Gasteiger partial charge in [0, 0.05) is 4.90 Å². The lowest BCUT2D eigenvalue weighted by molar-refractivity contribution is -0.137. The van der Waals surface area contributed by atoms with Gasteiger partial charge in [-0.05, 0) is 42.7 Å². The van der Waals surface area contributed by atoms with E-state index in [0.29, 0.717) is 11.3 Å². The maximum absolute atomic E-state index is 12.5. The van der Waals surface area contributed by atoms with E-state index in [1.165, 1.54) is 23.9 Å². The molecule has 0 aromatic heterocycles. The van der Waals surface area contributed by atoms with Gasteiger partial charge in [-0.3, -0.25) is 0 Å². The van der Waals surface area contributed by atoms with Crippen molar-refractivity contribution in [1.82, 2.24) is 0 Å². The van der Waals surface area contributed by atoms with Crippen molar-refractivity contribution in [2.45, 2.75) is 11.1 Å². The van der Waals surface area contributed by atoms with Crippen LogP contribution in [0.25, 0.3) is 0 Å². The van der Waals surface area contributed by atoms with Gasteiger partial charge in [-0.15, -0.1) is 11.8 Å². The predicted molar refractivity (Wildman–Crippen MR) is 74.5 cm³/mol. The van der Waals surface area contributed by atoms with Gasteiger partial charge in [-0.25, -0.2) is 0 Å². The summed E-state index contributed by atoms with van der Waals surface area (Å²) in [4.78, 5) is 0.752. The molecule has 2 aromatic rings. The molecule has 0 aliphatic rings. The standard InChI is InChI=1S/C15H10F3NOS/c1-21-14-4-2-3-13(12(14)9-19)20-11-7-5-10(6-8-11)15(16,17)18/h2-8H,1H3. The molecule has 0 heterocycles. The minimum Gasteiger partial charge on any atom is -0.456 e. The van der Waals surface area contributed by atoms with Crippen LogP contribution in [0.3, 0.4) is 0 Å². The van der Waals surface area contributed by atoms with E-state index in [1.54, 1.807) is 18.2 Å². The Bertz CT molecular complexity index is 675. The molecule has 0 radical (unpaired) electrons. The third-order valence-electron chi connectivity index (χ3n) is 2.73. The highest BCUT2D eigenvalue weighted by Gasteiger charge is 2.30. The van der Waals surface area contributed by atoms with Gasteiger partial charge in [0.25, 0.3) is 0 Å². The number of nitriles is 1. The predicted octanol–water partition coefficient (Wildman–Crippen LogP) is 5.09. The number of benzene rings is 2. The average Bonchev–Trinajstić information content (AvgIpc) is 2.46. The van der Waals surface area contributed by atoms with Gasteiger partial charge in [0.1, 0.15) is 23.1 Å².